The second-order valence-corrected chi connectivity index (χ2v) is 9.10. The van der Waals surface area contributed by atoms with Crippen LogP contribution in [0.5, 0.6) is 0 Å². The van der Waals surface area contributed by atoms with Crippen LogP contribution in [0.15, 0.2) is 72.9 Å². The topological polar surface area (TPSA) is 108 Å². The smallest absolute Gasteiger partial charge is 0.251 e. The van der Waals surface area contributed by atoms with Gasteiger partial charge in [-0.25, -0.2) is 4.98 Å². The molecule has 0 aliphatic heterocycles. The molecule has 0 radical (unpaired) electrons. The first kappa shape index (κ1) is 22.8. The Kier molecular flexibility index (Phi) is 6.32. The van der Waals surface area contributed by atoms with Crippen molar-refractivity contribution in [3.05, 3.63) is 87.8 Å². The highest BCUT2D eigenvalue weighted by Gasteiger charge is 2.12. The predicted octanol–water partition coefficient (Wildman–Crippen LogP) is 5.78. The fourth-order valence-corrected chi connectivity index (χ4v) is 4.24. The highest BCUT2D eigenvalue weighted by Crippen LogP contribution is 2.34. The zero-order chi connectivity index (χ0) is 24.4. The average molecular weight is 575 g/mol. The van der Waals surface area contributed by atoms with Gasteiger partial charge in [0.1, 0.15) is 0 Å². The predicted molar refractivity (Wildman–Crippen MR) is 147 cm³/mol. The Labute approximate surface area is 215 Å². The lowest BCUT2D eigenvalue weighted by atomic mass is 9.96. The van der Waals surface area contributed by atoms with E-state index in [1.807, 2.05) is 55.5 Å². The van der Waals surface area contributed by atoms with Crippen LogP contribution in [0.25, 0.3) is 21.9 Å². The minimum atomic E-state index is -0.102. The van der Waals surface area contributed by atoms with Gasteiger partial charge in [0.2, 0.25) is 5.95 Å². The summed E-state index contributed by atoms with van der Waals surface area (Å²) in [6, 6.07) is 21.8. The molecule has 3 aromatic carbocycles. The number of benzene rings is 3. The Morgan fingerprint density at radius 1 is 0.971 bits per heavy atom. The summed E-state index contributed by atoms with van der Waals surface area (Å²) in [5.41, 5.74) is 4.60. The van der Waals surface area contributed by atoms with E-state index in [0.717, 1.165) is 36.9 Å². The number of amides is 1. The van der Waals surface area contributed by atoms with E-state index in [9.17, 15) is 4.79 Å². The Morgan fingerprint density at radius 2 is 1.74 bits per heavy atom. The third-order valence-corrected chi connectivity index (χ3v) is 6.34. The van der Waals surface area contributed by atoms with Gasteiger partial charge in [0, 0.05) is 41.6 Å². The maximum Gasteiger partial charge on any atom is 0.251 e. The molecule has 8 nitrogen and oxygen atoms in total. The van der Waals surface area contributed by atoms with Crippen molar-refractivity contribution in [3.63, 3.8) is 0 Å². The lowest BCUT2D eigenvalue weighted by Crippen LogP contribution is -2.17. The minimum Gasteiger partial charge on any atom is -0.355 e. The maximum absolute atomic E-state index is 11.9. The first-order chi connectivity index (χ1) is 17.0. The van der Waals surface area contributed by atoms with Gasteiger partial charge in [0.05, 0.1) is 3.57 Å². The molecule has 0 saturated carbocycles. The normalized spacial score (nSPS) is 10.8. The maximum atomic E-state index is 11.9. The first-order valence-electron chi connectivity index (χ1n) is 10.9. The second-order valence-electron chi connectivity index (χ2n) is 7.94. The summed E-state index contributed by atoms with van der Waals surface area (Å²) in [6.45, 7) is 1.95. The highest BCUT2D eigenvalue weighted by atomic mass is 127. The molecule has 0 aliphatic carbocycles. The minimum absolute atomic E-state index is 0.102. The summed E-state index contributed by atoms with van der Waals surface area (Å²) in [5, 5.41) is 18.5. The van der Waals surface area contributed by atoms with E-state index in [-0.39, 0.29) is 5.91 Å². The van der Waals surface area contributed by atoms with E-state index in [0.29, 0.717) is 23.1 Å². The van der Waals surface area contributed by atoms with Crippen LogP contribution in [-0.4, -0.2) is 33.1 Å². The number of rotatable bonds is 6. The van der Waals surface area contributed by atoms with E-state index >= 15 is 0 Å². The molecule has 9 heteroatoms. The summed E-state index contributed by atoms with van der Waals surface area (Å²) in [5.74, 6) is 1.75. The molecule has 0 saturated heterocycles. The number of anilines is 4. The largest absolute Gasteiger partial charge is 0.355 e. The lowest BCUT2D eigenvalue weighted by Gasteiger charge is -2.14. The van der Waals surface area contributed by atoms with E-state index < -0.39 is 0 Å². The number of hydrogen-bond acceptors (Lipinski definition) is 6. The number of H-pyrrole nitrogens is 1. The quantitative estimate of drug-likeness (QED) is 0.191. The summed E-state index contributed by atoms with van der Waals surface area (Å²) in [4.78, 5) is 21.0. The molecule has 0 spiro atoms. The van der Waals surface area contributed by atoms with Crippen LogP contribution in [0.4, 0.5) is 23.3 Å². The molecule has 0 bridgehead atoms. The van der Waals surface area contributed by atoms with Gasteiger partial charge < -0.3 is 16.0 Å². The number of halogens is 1. The molecule has 2 heterocycles. The molecule has 35 heavy (non-hydrogen) atoms. The average Bonchev–Trinajstić information content (AvgIpc) is 3.30. The van der Waals surface area contributed by atoms with E-state index in [1.54, 1.807) is 13.2 Å². The van der Waals surface area contributed by atoms with Crippen LogP contribution < -0.4 is 16.0 Å². The number of carbonyl (C=O) groups is 1. The van der Waals surface area contributed by atoms with Crippen LogP contribution in [0.1, 0.15) is 16.1 Å². The molecule has 0 fully saturated rings. The Hall–Kier alpha value is -3.99. The molecular weight excluding hydrogens is 553 g/mol. The fraction of sp³-hybridized carbons (Fsp3) is 0.0769. The van der Waals surface area contributed by atoms with Crippen LogP contribution in [-0.2, 0) is 0 Å². The fourth-order valence-electron chi connectivity index (χ4n) is 3.84. The van der Waals surface area contributed by atoms with Crippen molar-refractivity contribution in [1.82, 2.24) is 25.5 Å². The summed E-state index contributed by atoms with van der Waals surface area (Å²) in [6.07, 6.45) is 1.77. The number of aromatic nitrogens is 4. The number of nitrogens with one attached hydrogen (secondary N) is 4. The monoisotopic (exact) mass is 575 g/mol. The molecule has 4 N–H and O–H groups in total. The van der Waals surface area contributed by atoms with Crippen molar-refractivity contribution in [1.29, 1.82) is 0 Å². The van der Waals surface area contributed by atoms with Crippen LogP contribution in [0.3, 0.4) is 0 Å². The van der Waals surface area contributed by atoms with Gasteiger partial charge in [-0.05, 0) is 64.2 Å². The summed E-state index contributed by atoms with van der Waals surface area (Å²) < 4.78 is 0.884. The Balaban J connectivity index is 1.47. The standard InChI is InChI=1S/C26H22IN7O/c1-15-13-23(34-33-15)31-24-21(27)14-29-26(32-24)30-22-12-11-18(19-5-3-4-6-20(19)22)16-7-9-17(10-8-16)25(35)28-2/h3-14H,1-2H3,(H,28,35)(H3,29,30,31,32,33,34). The van der Waals surface area contributed by atoms with Crippen LogP contribution in [0.2, 0.25) is 0 Å². The third kappa shape index (κ3) is 4.80. The third-order valence-electron chi connectivity index (χ3n) is 5.55. The van der Waals surface area contributed by atoms with E-state index in [1.165, 1.54) is 0 Å². The Bertz CT molecular complexity index is 1530. The number of aromatic amines is 1. The van der Waals surface area contributed by atoms with Crippen molar-refractivity contribution >= 4 is 62.5 Å². The molecule has 0 unspecified atom stereocenters. The number of fused-ring (bicyclic) bond motifs is 1. The van der Waals surface area contributed by atoms with Gasteiger partial charge in [0.25, 0.3) is 5.91 Å². The van der Waals surface area contributed by atoms with Crippen LogP contribution in [0, 0.1) is 10.5 Å². The molecule has 1 amide bonds. The van der Waals surface area contributed by atoms with Crippen molar-refractivity contribution in [2.75, 3.05) is 17.7 Å². The summed E-state index contributed by atoms with van der Waals surface area (Å²) in [7, 11) is 1.63. The number of hydrogen-bond donors (Lipinski definition) is 4. The molecule has 0 aliphatic rings. The molecule has 5 rings (SSSR count). The van der Waals surface area contributed by atoms with Crippen LogP contribution >= 0.6 is 22.6 Å². The SMILES string of the molecule is CNC(=O)c1ccc(-c2ccc(Nc3ncc(I)c(Nc4cc(C)[nH]n4)n3)c3ccccc23)cc1. The number of carbonyl (C=O) groups excluding carboxylic acids is 1. The van der Waals surface area contributed by atoms with Gasteiger partial charge in [-0.15, -0.1) is 0 Å². The lowest BCUT2D eigenvalue weighted by molar-refractivity contribution is 0.0963. The number of nitrogens with zero attached hydrogens (tertiary/aromatic N) is 3. The number of aryl methyl sites for hydroxylation is 1. The molecule has 2 aromatic heterocycles. The van der Waals surface area contributed by atoms with Crippen molar-refractivity contribution in [2.45, 2.75) is 6.92 Å². The van der Waals surface area contributed by atoms with Gasteiger partial charge in [-0.2, -0.15) is 10.1 Å². The zero-order valence-electron chi connectivity index (χ0n) is 19.1. The van der Waals surface area contributed by atoms with Gasteiger partial charge in [-0.1, -0.05) is 42.5 Å². The van der Waals surface area contributed by atoms with Gasteiger partial charge >= 0.3 is 0 Å². The van der Waals surface area contributed by atoms with Gasteiger partial charge in [0.15, 0.2) is 11.6 Å². The molecule has 5 aromatic rings. The first-order valence-corrected chi connectivity index (χ1v) is 12.0. The van der Waals surface area contributed by atoms with E-state index in [2.05, 4.69) is 76.9 Å². The molecule has 174 valence electrons. The zero-order valence-corrected chi connectivity index (χ0v) is 21.2. The highest BCUT2D eigenvalue weighted by molar-refractivity contribution is 14.1. The summed E-state index contributed by atoms with van der Waals surface area (Å²) >= 11 is 2.20. The van der Waals surface area contributed by atoms with Crippen molar-refractivity contribution in [2.24, 2.45) is 0 Å². The molecular formula is C26H22IN7O. The van der Waals surface area contributed by atoms with E-state index in [4.69, 9.17) is 0 Å². The van der Waals surface area contributed by atoms with Gasteiger partial charge in [-0.3, -0.25) is 9.89 Å². The van der Waals surface area contributed by atoms with Crippen molar-refractivity contribution < 1.29 is 4.79 Å². The van der Waals surface area contributed by atoms with Crippen molar-refractivity contribution in [3.8, 4) is 11.1 Å². The second kappa shape index (κ2) is 9.71. The Morgan fingerprint density at radius 3 is 2.46 bits per heavy atom. The molecule has 0 atom stereocenters.